The van der Waals surface area contributed by atoms with Crippen molar-refractivity contribution in [3.05, 3.63) is 34.0 Å². The molecule has 0 aromatic carbocycles. The summed E-state index contributed by atoms with van der Waals surface area (Å²) >= 11 is 3.10. The standard InChI is InChI=1S/C15H17NO3S2/c17-13(7-10-3-1-2-4-10)16-12(15(18)19)9-21-14(16)11-5-6-20-8-11/h5-8,12,14H,1-4,9H2,(H,18,19). The van der Waals surface area contributed by atoms with Gasteiger partial charge < -0.3 is 10.0 Å². The molecule has 3 rings (SSSR count). The van der Waals surface area contributed by atoms with Crippen LogP contribution in [-0.4, -0.2) is 33.7 Å². The van der Waals surface area contributed by atoms with Crippen molar-refractivity contribution in [3.8, 4) is 0 Å². The number of amides is 1. The van der Waals surface area contributed by atoms with Crippen LogP contribution in [0.1, 0.15) is 36.6 Å². The van der Waals surface area contributed by atoms with Crippen molar-refractivity contribution in [2.75, 3.05) is 5.75 Å². The fourth-order valence-electron chi connectivity index (χ4n) is 2.86. The van der Waals surface area contributed by atoms with E-state index in [4.69, 9.17) is 0 Å². The highest BCUT2D eigenvalue weighted by Gasteiger charge is 2.41. The molecule has 1 aliphatic carbocycles. The average Bonchev–Trinajstić information content (AvgIpc) is 3.19. The Hall–Kier alpha value is -1.27. The molecule has 2 heterocycles. The Kier molecular flexibility index (Phi) is 4.35. The summed E-state index contributed by atoms with van der Waals surface area (Å²) in [6, 6.07) is 1.24. The van der Waals surface area contributed by atoms with Crippen molar-refractivity contribution < 1.29 is 14.7 Å². The van der Waals surface area contributed by atoms with Crippen molar-refractivity contribution >= 4 is 35.0 Å². The molecule has 1 N–H and O–H groups in total. The highest BCUT2D eigenvalue weighted by Crippen LogP contribution is 2.42. The number of hydrogen-bond acceptors (Lipinski definition) is 4. The van der Waals surface area contributed by atoms with Crippen molar-refractivity contribution in [1.82, 2.24) is 4.90 Å². The van der Waals surface area contributed by atoms with Crippen LogP contribution in [0.2, 0.25) is 0 Å². The highest BCUT2D eigenvalue weighted by molar-refractivity contribution is 7.99. The van der Waals surface area contributed by atoms with E-state index in [1.807, 2.05) is 16.8 Å². The number of carboxylic acid groups (broad SMARTS) is 1. The third-order valence-electron chi connectivity index (χ3n) is 3.94. The number of aliphatic carboxylic acids is 1. The van der Waals surface area contributed by atoms with Crippen LogP contribution in [0.4, 0.5) is 0 Å². The summed E-state index contributed by atoms with van der Waals surface area (Å²) in [6.45, 7) is 0. The summed E-state index contributed by atoms with van der Waals surface area (Å²) in [5.41, 5.74) is 2.18. The SMILES string of the molecule is O=C(O)C1CSC(c2ccsc2)N1C(=O)C=C1CCCC1. The lowest BCUT2D eigenvalue weighted by Gasteiger charge is -2.26. The molecule has 1 aliphatic heterocycles. The summed E-state index contributed by atoms with van der Waals surface area (Å²) in [4.78, 5) is 25.6. The Morgan fingerprint density at radius 3 is 2.71 bits per heavy atom. The first-order valence-corrected chi connectivity index (χ1v) is 9.04. The zero-order chi connectivity index (χ0) is 14.8. The number of thiophene rings is 1. The number of carbonyl (C=O) groups excluding carboxylic acids is 1. The lowest BCUT2D eigenvalue weighted by atomic mass is 10.1. The molecule has 1 aromatic heterocycles. The summed E-state index contributed by atoms with van der Waals surface area (Å²) in [5.74, 6) is -0.621. The van der Waals surface area contributed by atoms with E-state index in [-0.39, 0.29) is 11.3 Å². The van der Waals surface area contributed by atoms with Gasteiger partial charge in [0.15, 0.2) is 0 Å². The molecular formula is C15H17NO3S2. The van der Waals surface area contributed by atoms with Crippen LogP contribution in [0.25, 0.3) is 0 Å². The lowest BCUT2D eigenvalue weighted by molar-refractivity contribution is -0.147. The molecule has 2 fully saturated rings. The molecule has 112 valence electrons. The molecule has 1 amide bonds. The number of rotatable bonds is 3. The van der Waals surface area contributed by atoms with Crippen molar-refractivity contribution in [2.45, 2.75) is 37.1 Å². The van der Waals surface area contributed by atoms with Crippen LogP contribution in [0, 0.1) is 0 Å². The van der Waals surface area contributed by atoms with Gasteiger partial charge in [-0.3, -0.25) is 4.79 Å². The molecule has 1 saturated heterocycles. The van der Waals surface area contributed by atoms with Gasteiger partial charge in [-0.1, -0.05) is 5.57 Å². The minimum atomic E-state index is -0.918. The first kappa shape index (κ1) is 14.7. The molecular weight excluding hydrogens is 306 g/mol. The number of nitrogens with zero attached hydrogens (tertiary/aromatic N) is 1. The van der Waals surface area contributed by atoms with E-state index < -0.39 is 12.0 Å². The Morgan fingerprint density at radius 2 is 2.10 bits per heavy atom. The van der Waals surface area contributed by atoms with Gasteiger partial charge in [0.2, 0.25) is 5.91 Å². The smallest absolute Gasteiger partial charge is 0.327 e. The van der Waals surface area contributed by atoms with E-state index in [0.29, 0.717) is 5.75 Å². The normalized spacial score (nSPS) is 25.3. The molecule has 0 spiro atoms. The van der Waals surface area contributed by atoms with Gasteiger partial charge in [-0.2, -0.15) is 11.3 Å². The monoisotopic (exact) mass is 323 g/mol. The van der Waals surface area contributed by atoms with E-state index in [9.17, 15) is 14.7 Å². The maximum absolute atomic E-state index is 12.6. The van der Waals surface area contributed by atoms with E-state index in [2.05, 4.69) is 0 Å². The minimum absolute atomic E-state index is 0.152. The maximum Gasteiger partial charge on any atom is 0.327 e. The van der Waals surface area contributed by atoms with Crippen LogP contribution in [0.15, 0.2) is 28.5 Å². The summed E-state index contributed by atoms with van der Waals surface area (Å²) in [6.07, 6.45) is 5.86. The third kappa shape index (κ3) is 3.01. The minimum Gasteiger partial charge on any atom is -0.480 e. The van der Waals surface area contributed by atoms with Gasteiger partial charge in [0.25, 0.3) is 0 Å². The molecule has 2 atom stereocenters. The predicted molar refractivity (Wildman–Crippen MR) is 84.3 cm³/mol. The second-order valence-electron chi connectivity index (χ2n) is 5.35. The summed E-state index contributed by atoms with van der Waals surface area (Å²) in [5, 5.41) is 13.2. The molecule has 0 bridgehead atoms. The van der Waals surface area contributed by atoms with Gasteiger partial charge in [-0.05, 0) is 48.1 Å². The summed E-state index contributed by atoms with van der Waals surface area (Å²) in [7, 11) is 0. The Morgan fingerprint density at radius 1 is 1.33 bits per heavy atom. The second-order valence-corrected chi connectivity index (χ2v) is 7.24. The Labute approximate surface area is 131 Å². The maximum atomic E-state index is 12.6. The number of allylic oxidation sites excluding steroid dienone is 1. The van der Waals surface area contributed by atoms with Crippen LogP contribution in [-0.2, 0) is 9.59 Å². The molecule has 0 radical (unpaired) electrons. The molecule has 2 aliphatic rings. The van der Waals surface area contributed by atoms with E-state index in [1.165, 1.54) is 11.8 Å². The van der Waals surface area contributed by atoms with Gasteiger partial charge >= 0.3 is 5.97 Å². The Balaban J connectivity index is 1.86. The van der Waals surface area contributed by atoms with Crippen LogP contribution < -0.4 is 0 Å². The van der Waals surface area contributed by atoms with Gasteiger partial charge in [0.05, 0.1) is 0 Å². The van der Waals surface area contributed by atoms with E-state index in [1.54, 1.807) is 22.3 Å². The predicted octanol–water partition coefficient (Wildman–Crippen LogP) is 3.28. The summed E-state index contributed by atoms with van der Waals surface area (Å²) < 4.78 is 0. The van der Waals surface area contributed by atoms with Crippen LogP contribution in [0.3, 0.4) is 0 Å². The highest BCUT2D eigenvalue weighted by atomic mass is 32.2. The number of thioether (sulfide) groups is 1. The lowest BCUT2D eigenvalue weighted by Crippen LogP contribution is -2.42. The first-order valence-electron chi connectivity index (χ1n) is 7.05. The second kappa shape index (κ2) is 6.23. The fourth-order valence-corrected chi connectivity index (χ4v) is 5.04. The molecule has 4 nitrogen and oxygen atoms in total. The molecule has 1 aromatic rings. The van der Waals surface area contributed by atoms with Gasteiger partial charge in [-0.15, -0.1) is 11.8 Å². The van der Waals surface area contributed by atoms with Crippen LogP contribution >= 0.6 is 23.1 Å². The van der Waals surface area contributed by atoms with E-state index >= 15 is 0 Å². The largest absolute Gasteiger partial charge is 0.480 e. The zero-order valence-corrected chi connectivity index (χ0v) is 13.2. The van der Waals surface area contributed by atoms with Gasteiger partial charge in [-0.25, -0.2) is 4.79 Å². The topological polar surface area (TPSA) is 57.6 Å². The molecule has 1 saturated carbocycles. The van der Waals surface area contributed by atoms with Crippen molar-refractivity contribution in [2.24, 2.45) is 0 Å². The zero-order valence-electron chi connectivity index (χ0n) is 11.5. The first-order chi connectivity index (χ1) is 10.2. The molecule has 6 heteroatoms. The van der Waals surface area contributed by atoms with Gasteiger partial charge in [0, 0.05) is 11.8 Å². The quantitative estimate of drug-likeness (QED) is 0.867. The number of carboxylic acids is 1. The number of carbonyl (C=O) groups is 2. The van der Waals surface area contributed by atoms with Gasteiger partial charge in [0.1, 0.15) is 11.4 Å². The van der Waals surface area contributed by atoms with Crippen LogP contribution in [0.5, 0.6) is 0 Å². The average molecular weight is 323 g/mol. The fraction of sp³-hybridized carbons (Fsp3) is 0.467. The number of hydrogen-bond donors (Lipinski definition) is 1. The molecule has 2 unspecified atom stereocenters. The molecule has 21 heavy (non-hydrogen) atoms. The van der Waals surface area contributed by atoms with Crippen molar-refractivity contribution in [3.63, 3.8) is 0 Å². The van der Waals surface area contributed by atoms with E-state index in [0.717, 1.165) is 36.8 Å². The third-order valence-corrected chi connectivity index (χ3v) is 5.97. The van der Waals surface area contributed by atoms with Crippen molar-refractivity contribution in [1.29, 1.82) is 0 Å². The Bertz CT molecular complexity index is 559.